The van der Waals surface area contributed by atoms with Gasteiger partial charge in [0.15, 0.2) is 0 Å². The molecule has 2 amide bonds. The molecule has 0 radical (unpaired) electrons. The summed E-state index contributed by atoms with van der Waals surface area (Å²) in [6.07, 6.45) is 4.12. The molecule has 0 atom stereocenters. The van der Waals surface area contributed by atoms with Crippen LogP contribution in [0.15, 0.2) is 0 Å². The topological polar surface area (TPSA) is 113 Å². The van der Waals surface area contributed by atoms with Gasteiger partial charge < -0.3 is 16.2 Å². The Morgan fingerprint density at radius 3 is 2.28 bits per heavy atom. The predicted molar refractivity (Wildman–Crippen MR) is 63.7 cm³/mol. The molecule has 0 spiro atoms. The van der Waals surface area contributed by atoms with Crippen molar-refractivity contribution in [3.05, 3.63) is 0 Å². The standard InChI is InChI=1S/C11H19N3O4/c12-9(15)5-14(7-11(17)18)6-10(16)13-8-3-1-2-4-8/h8H,1-7H2,(H2,12,15)(H,13,16)(H,17,18). The fourth-order valence-corrected chi connectivity index (χ4v) is 2.13. The molecular formula is C11H19N3O4. The van der Waals surface area contributed by atoms with Crippen molar-refractivity contribution in [3.8, 4) is 0 Å². The van der Waals surface area contributed by atoms with E-state index < -0.39 is 11.9 Å². The maximum absolute atomic E-state index is 11.7. The molecule has 0 heterocycles. The van der Waals surface area contributed by atoms with Gasteiger partial charge in [-0.15, -0.1) is 0 Å². The summed E-state index contributed by atoms with van der Waals surface area (Å²) in [7, 11) is 0. The summed E-state index contributed by atoms with van der Waals surface area (Å²) in [4.78, 5) is 34.3. The molecule has 0 aromatic carbocycles. The fourth-order valence-electron chi connectivity index (χ4n) is 2.13. The summed E-state index contributed by atoms with van der Waals surface area (Å²) < 4.78 is 0. The summed E-state index contributed by atoms with van der Waals surface area (Å²) in [6, 6.07) is 0.178. The number of amides is 2. The Hall–Kier alpha value is -1.63. The maximum atomic E-state index is 11.7. The van der Waals surface area contributed by atoms with E-state index in [0.29, 0.717) is 0 Å². The van der Waals surface area contributed by atoms with E-state index in [1.165, 1.54) is 4.90 Å². The number of carboxylic acids is 1. The Morgan fingerprint density at radius 1 is 1.17 bits per heavy atom. The Kier molecular flexibility index (Phi) is 5.57. The van der Waals surface area contributed by atoms with Gasteiger partial charge in [0.25, 0.3) is 0 Å². The number of aliphatic carboxylic acids is 1. The normalized spacial score (nSPS) is 15.8. The Balaban J connectivity index is 2.39. The fraction of sp³-hybridized carbons (Fsp3) is 0.727. The number of nitrogens with two attached hydrogens (primary N) is 1. The van der Waals surface area contributed by atoms with E-state index in [4.69, 9.17) is 10.8 Å². The van der Waals surface area contributed by atoms with E-state index >= 15 is 0 Å². The molecule has 0 aromatic heterocycles. The molecule has 1 fully saturated rings. The van der Waals surface area contributed by atoms with Crippen LogP contribution in [0.1, 0.15) is 25.7 Å². The second kappa shape index (κ2) is 6.95. The van der Waals surface area contributed by atoms with Crippen LogP contribution in [0, 0.1) is 0 Å². The largest absolute Gasteiger partial charge is 0.480 e. The molecule has 0 bridgehead atoms. The molecule has 0 aliphatic heterocycles. The van der Waals surface area contributed by atoms with Gasteiger partial charge in [-0.05, 0) is 12.8 Å². The van der Waals surface area contributed by atoms with Gasteiger partial charge in [0, 0.05) is 6.04 Å². The molecule has 102 valence electrons. The Labute approximate surface area is 105 Å². The van der Waals surface area contributed by atoms with Gasteiger partial charge in [-0.3, -0.25) is 19.3 Å². The highest BCUT2D eigenvalue weighted by Gasteiger charge is 2.20. The first kappa shape index (κ1) is 14.4. The van der Waals surface area contributed by atoms with E-state index in [1.54, 1.807) is 0 Å². The van der Waals surface area contributed by atoms with Crippen LogP contribution in [0.5, 0.6) is 0 Å². The lowest BCUT2D eigenvalue weighted by atomic mass is 10.2. The molecule has 4 N–H and O–H groups in total. The van der Waals surface area contributed by atoms with Gasteiger partial charge in [-0.1, -0.05) is 12.8 Å². The van der Waals surface area contributed by atoms with Crippen molar-refractivity contribution in [1.82, 2.24) is 10.2 Å². The van der Waals surface area contributed by atoms with Crippen LogP contribution in [0.2, 0.25) is 0 Å². The average Bonchev–Trinajstić information content (AvgIpc) is 2.67. The van der Waals surface area contributed by atoms with Crippen LogP contribution in [-0.2, 0) is 14.4 Å². The second-order valence-corrected chi connectivity index (χ2v) is 4.55. The third-order valence-corrected chi connectivity index (χ3v) is 2.83. The van der Waals surface area contributed by atoms with Gasteiger partial charge in [-0.2, -0.15) is 0 Å². The number of carboxylic acid groups (broad SMARTS) is 1. The van der Waals surface area contributed by atoms with E-state index in [9.17, 15) is 14.4 Å². The third-order valence-electron chi connectivity index (χ3n) is 2.83. The summed E-state index contributed by atoms with van der Waals surface area (Å²) in [6.45, 7) is -0.725. The Bertz CT molecular complexity index is 310. The molecule has 1 aliphatic carbocycles. The van der Waals surface area contributed by atoms with Crippen LogP contribution in [0.4, 0.5) is 0 Å². The molecular weight excluding hydrogens is 238 g/mol. The molecule has 7 heteroatoms. The maximum Gasteiger partial charge on any atom is 0.317 e. The number of hydrogen-bond acceptors (Lipinski definition) is 4. The number of carbonyl (C=O) groups excluding carboxylic acids is 2. The van der Waals surface area contributed by atoms with Crippen molar-refractivity contribution in [2.45, 2.75) is 31.7 Å². The van der Waals surface area contributed by atoms with E-state index in [0.717, 1.165) is 25.7 Å². The quantitative estimate of drug-likeness (QED) is 0.537. The summed E-state index contributed by atoms with van der Waals surface area (Å²) >= 11 is 0. The van der Waals surface area contributed by atoms with E-state index in [1.807, 2.05) is 0 Å². The molecule has 18 heavy (non-hydrogen) atoms. The van der Waals surface area contributed by atoms with Gasteiger partial charge >= 0.3 is 5.97 Å². The van der Waals surface area contributed by atoms with Crippen molar-refractivity contribution in [1.29, 1.82) is 0 Å². The lowest BCUT2D eigenvalue weighted by Gasteiger charge is -2.19. The number of primary amides is 1. The van der Waals surface area contributed by atoms with Gasteiger partial charge in [0.05, 0.1) is 19.6 Å². The van der Waals surface area contributed by atoms with E-state index in [-0.39, 0.29) is 31.6 Å². The Morgan fingerprint density at radius 2 is 1.78 bits per heavy atom. The van der Waals surface area contributed by atoms with Crippen LogP contribution in [0.3, 0.4) is 0 Å². The van der Waals surface area contributed by atoms with Crippen LogP contribution >= 0.6 is 0 Å². The highest BCUT2D eigenvalue weighted by molar-refractivity contribution is 5.81. The smallest absolute Gasteiger partial charge is 0.317 e. The summed E-state index contributed by atoms with van der Waals surface area (Å²) in [5.41, 5.74) is 5.00. The zero-order valence-electron chi connectivity index (χ0n) is 10.2. The van der Waals surface area contributed by atoms with Crippen molar-refractivity contribution >= 4 is 17.8 Å². The minimum Gasteiger partial charge on any atom is -0.480 e. The lowest BCUT2D eigenvalue weighted by Crippen LogP contribution is -2.45. The third kappa shape index (κ3) is 5.62. The van der Waals surface area contributed by atoms with Gasteiger partial charge in [0.1, 0.15) is 0 Å². The molecule has 1 saturated carbocycles. The van der Waals surface area contributed by atoms with Crippen molar-refractivity contribution < 1.29 is 19.5 Å². The predicted octanol–water partition coefficient (Wildman–Crippen LogP) is -1.08. The summed E-state index contributed by atoms with van der Waals surface area (Å²) in [5, 5.41) is 11.5. The zero-order valence-corrected chi connectivity index (χ0v) is 10.2. The number of hydrogen-bond donors (Lipinski definition) is 3. The van der Waals surface area contributed by atoms with Crippen molar-refractivity contribution in [2.75, 3.05) is 19.6 Å². The molecule has 0 saturated heterocycles. The van der Waals surface area contributed by atoms with Crippen LogP contribution < -0.4 is 11.1 Å². The van der Waals surface area contributed by atoms with Gasteiger partial charge in [-0.25, -0.2) is 0 Å². The zero-order chi connectivity index (χ0) is 13.5. The van der Waals surface area contributed by atoms with Crippen LogP contribution in [-0.4, -0.2) is 53.5 Å². The molecule has 1 aliphatic rings. The van der Waals surface area contributed by atoms with Crippen molar-refractivity contribution in [2.24, 2.45) is 5.73 Å². The minimum absolute atomic E-state index is 0.119. The van der Waals surface area contributed by atoms with Gasteiger partial charge in [0.2, 0.25) is 11.8 Å². The average molecular weight is 257 g/mol. The van der Waals surface area contributed by atoms with Crippen molar-refractivity contribution in [3.63, 3.8) is 0 Å². The SMILES string of the molecule is NC(=O)CN(CC(=O)O)CC(=O)NC1CCCC1. The van der Waals surface area contributed by atoms with Crippen LogP contribution in [0.25, 0.3) is 0 Å². The number of rotatable bonds is 7. The monoisotopic (exact) mass is 257 g/mol. The highest BCUT2D eigenvalue weighted by Crippen LogP contribution is 2.17. The summed E-state index contributed by atoms with van der Waals surface area (Å²) in [5.74, 6) is -2.00. The lowest BCUT2D eigenvalue weighted by molar-refractivity contribution is -0.139. The number of nitrogens with zero attached hydrogens (tertiary/aromatic N) is 1. The first-order valence-electron chi connectivity index (χ1n) is 5.99. The molecule has 0 aromatic rings. The highest BCUT2D eigenvalue weighted by atomic mass is 16.4. The number of carbonyl (C=O) groups is 3. The molecule has 1 rings (SSSR count). The first-order chi connectivity index (χ1) is 8.47. The first-order valence-corrected chi connectivity index (χ1v) is 5.99. The molecule has 0 unspecified atom stereocenters. The minimum atomic E-state index is -1.09. The second-order valence-electron chi connectivity index (χ2n) is 4.55. The number of nitrogens with one attached hydrogen (secondary N) is 1. The van der Waals surface area contributed by atoms with E-state index in [2.05, 4.69) is 5.32 Å². The molecule has 7 nitrogen and oxygen atoms in total.